The van der Waals surface area contributed by atoms with Crippen LogP contribution in [0.5, 0.6) is 0 Å². The molecule has 0 aliphatic rings. The monoisotopic (exact) mass is 381 g/mol. The maximum Gasteiger partial charge on any atom is 0.299 e. The van der Waals surface area contributed by atoms with Crippen molar-refractivity contribution in [3.05, 3.63) is 57.0 Å². The van der Waals surface area contributed by atoms with E-state index in [-0.39, 0.29) is 18.0 Å². The molecule has 0 saturated carbocycles. The lowest BCUT2D eigenvalue weighted by atomic mass is 10.1. The van der Waals surface area contributed by atoms with Crippen molar-refractivity contribution >= 4 is 38.9 Å². The molecule has 0 saturated heterocycles. The molecule has 1 amide bonds. The molecule has 7 nitrogen and oxygen atoms in total. The highest BCUT2D eigenvalue weighted by molar-refractivity contribution is 7.16. The van der Waals surface area contributed by atoms with E-state index in [1.165, 1.54) is 15.9 Å². The summed E-state index contributed by atoms with van der Waals surface area (Å²) in [4.78, 5) is 30.5. The van der Waals surface area contributed by atoms with Gasteiger partial charge in [-0.1, -0.05) is 30.4 Å². The van der Waals surface area contributed by atoms with E-state index in [2.05, 4.69) is 22.3 Å². The number of anilines is 1. The van der Waals surface area contributed by atoms with Gasteiger partial charge in [0.1, 0.15) is 17.1 Å². The molecule has 1 aromatic carbocycles. The molecule has 0 atom stereocenters. The number of nitrogens with zero attached hydrogens (tertiary/aromatic N) is 4. The number of carbonyl (C=O) groups excluding carboxylic acids is 1. The average Bonchev–Trinajstić information content (AvgIpc) is 3.15. The van der Waals surface area contributed by atoms with Gasteiger partial charge in [0.05, 0.1) is 5.52 Å². The van der Waals surface area contributed by atoms with Gasteiger partial charge in [0.15, 0.2) is 0 Å². The number of fused-ring (bicyclic) bond motifs is 2. The number of aromatic nitrogens is 4. The molecule has 8 heteroatoms. The largest absolute Gasteiger partial charge is 0.330 e. The average molecular weight is 381 g/mol. The molecular formula is C19H19N5O2S. The van der Waals surface area contributed by atoms with Crippen molar-refractivity contribution in [1.82, 2.24) is 19.2 Å². The van der Waals surface area contributed by atoms with E-state index in [0.717, 1.165) is 28.4 Å². The van der Waals surface area contributed by atoms with Crippen LogP contribution in [0.1, 0.15) is 23.2 Å². The Morgan fingerprint density at radius 2 is 2.07 bits per heavy atom. The number of hydrogen-bond acceptors (Lipinski definition) is 5. The summed E-state index contributed by atoms with van der Waals surface area (Å²) in [5, 5.41) is 7.90. The predicted molar refractivity (Wildman–Crippen MR) is 107 cm³/mol. The van der Waals surface area contributed by atoms with Gasteiger partial charge in [-0.15, -0.1) is 0 Å². The Labute approximate surface area is 159 Å². The standard InChI is InChI=1S/C19H19N5O2S/c1-4-13-6-5-7-14(9-13)20-16(25)10-23-11(2)8-15-17(23)18(26)24-19(21-15)27-12(3)22-24/h5-9H,4,10H2,1-3H3,(H,20,25). The number of carbonyl (C=O) groups is 1. The zero-order valence-electron chi connectivity index (χ0n) is 15.3. The second-order valence-corrected chi connectivity index (χ2v) is 7.60. The molecule has 1 N–H and O–H groups in total. The number of nitrogens with one attached hydrogen (secondary N) is 1. The van der Waals surface area contributed by atoms with Crippen LogP contribution in [0.3, 0.4) is 0 Å². The summed E-state index contributed by atoms with van der Waals surface area (Å²) in [5.41, 5.74) is 3.44. The molecule has 3 aromatic heterocycles. The number of benzene rings is 1. The SMILES string of the molecule is CCc1cccc(NC(=O)Cn2c(C)cc3nc4sc(C)nn4c(=O)c32)c1. The fraction of sp³-hybridized carbons (Fsp3) is 0.263. The number of rotatable bonds is 4. The highest BCUT2D eigenvalue weighted by atomic mass is 32.1. The maximum absolute atomic E-state index is 12.9. The Hall–Kier alpha value is -3.00. The first kappa shape index (κ1) is 17.4. The molecule has 0 spiro atoms. The lowest BCUT2D eigenvalue weighted by Gasteiger charge is -2.10. The van der Waals surface area contributed by atoms with Crippen LogP contribution < -0.4 is 10.9 Å². The van der Waals surface area contributed by atoms with Crippen molar-refractivity contribution in [2.45, 2.75) is 33.7 Å². The van der Waals surface area contributed by atoms with Gasteiger partial charge in [-0.3, -0.25) is 9.59 Å². The van der Waals surface area contributed by atoms with Crippen LogP contribution in [0, 0.1) is 13.8 Å². The van der Waals surface area contributed by atoms with Crippen LogP contribution in [-0.4, -0.2) is 25.1 Å². The lowest BCUT2D eigenvalue weighted by Crippen LogP contribution is -2.23. The minimum Gasteiger partial charge on any atom is -0.330 e. The zero-order valence-corrected chi connectivity index (χ0v) is 16.1. The van der Waals surface area contributed by atoms with Gasteiger partial charge in [0, 0.05) is 11.4 Å². The summed E-state index contributed by atoms with van der Waals surface area (Å²) >= 11 is 1.37. The third-order valence-electron chi connectivity index (χ3n) is 4.48. The second kappa shape index (κ2) is 6.62. The molecule has 0 aliphatic carbocycles. The summed E-state index contributed by atoms with van der Waals surface area (Å²) in [6.07, 6.45) is 0.899. The topological polar surface area (TPSA) is 81.3 Å². The van der Waals surface area contributed by atoms with Crippen molar-refractivity contribution < 1.29 is 4.79 Å². The van der Waals surface area contributed by atoms with E-state index < -0.39 is 0 Å². The van der Waals surface area contributed by atoms with Gasteiger partial charge in [0.2, 0.25) is 10.9 Å². The van der Waals surface area contributed by atoms with Gasteiger partial charge >= 0.3 is 0 Å². The first-order valence-electron chi connectivity index (χ1n) is 8.71. The van der Waals surface area contributed by atoms with Crippen molar-refractivity contribution in [3.8, 4) is 0 Å². The molecule has 4 rings (SSSR count). The summed E-state index contributed by atoms with van der Waals surface area (Å²) in [6, 6.07) is 9.58. The summed E-state index contributed by atoms with van der Waals surface area (Å²) in [5.74, 6) is -0.192. The van der Waals surface area contributed by atoms with Crippen LogP contribution >= 0.6 is 11.3 Å². The van der Waals surface area contributed by atoms with Gasteiger partial charge < -0.3 is 9.88 Å². The van der Waals surface area contributed by atoms with E-state index in [4.69, 9.17) is 0 Å². The predicted octanol–water partition coefficient (Wildman–Crippen LogP) is 2.92. The molecule has 3 heterocycles. The van der Waals surface area contributed by atoms with Gasteiger partial charge in [0.25, 0.3) is 5.56 Å². The van der Waals surface area contributed by atoms with Crippen LogP contribution in [0.4, 0.5) is 5.69 Å². The summed E-state index contributed by atoms with van der Waals surface area (Å²) in [6.45, 7) is 5.81. The summed E-state index contributed by atoms with van der Waals surface area (Å²) < 4.78 is 3.01. The molecule has 27 heavy (non-hydrogen) atoms. The fourth-order valence-electron chi connectivity index (χ4n) is 3.17. The van der Waals surface area contributed by atoms with E-state index in [0.29, 0.717) is 16.0 Å². The van der Waals surface area contributed by atoms with E-state index in [1.807, 2.05) is 44.2 Å². The van der Waals surface area contributed by atoms with Crippen LogP contribution in [0.2, 0.25) is 0 Å². The molecular weight excluding hydrogens is 362 g/mol. The first-order valence-corrected chi connectivity index (χ1v) is 9.53. The van der Waals surface area contributed by atoms with Crippen molar-refractivity contribution in [2.75, 3.05) is 5.32 Å². The van der Waals surface area contributed by atoms with Gasteiger partial charge in [-0.2, -0.15) is 9.61 Å². The van der Waals surface area contributed by atoms with Crippen molar-refractivity contribution in [3.63, 3.8) is 0 Å². The van der Waals surface area contributed by atoms with Crippen LogP contribution in [0.15, 0.2) is 35.1 Å². The van der Waals surface area contributed by atoms with E-state index in [1.54, 1.807) is 4.57 Å². The molecule has 0 fully saturated rings. The lowest BCUT2D eigenvalue weighted by molar-refractivity contribution is -0.116. The smallest absolute Gasteiger partial charge is 0.299 e. The van der Waals surface area contributed by atoms with E-state index >= 15 is 0 Å². The van der Waals surface area contributed by atoms with Gasteiger partial charge in [-0.25, -0.2) is 4.98 Å². The van der Waals surface area contributed by atoms with Crippen molar-refractivity contribution in [2.24, 2.45) is 0 Å². The second-order valence-electron chi connectivity index (χ2n) is 6.44. The minimum absolute atomic E-state index is 0.0395. The molecule has 0 unspecified atom stereocenters. The number of aryl methyl sites for hydroxylation is 3. The molecule has 0 bridgehead atoms. The molecule has 0 radical (unpaired) electrons. The van der Waals surface area contributed by atoms with Crippen LogP contribution in [0.25, 0.3) is 16.0 Å². The Bertz CT molecular complexity index is 1230. The number of amides is 1. The van der Waals surface area contributed by atoms with Crippen LogP contribution in [-0.2, 0) is 17.8 Å². The molecule has 138 valence electrons. The normalized spacial score (nSPS) is 11.4. The zero-order chi connectivity index (χ0) is 19.1. The third-order valence-corrected chi connectivity index (χ3v) is 5.30. The number of hydrogen-bond donors (Lipinski definition) is 1. The molecule has 4 aromatic rings. The first-order chi connectivity index (χ1) is 13.0. The maximum atomic E-state index is 12.9. The highest BCUT2D eigenvalue weighted by Gasteiger charge is 2.17. The Morgan fingerprint density at radius 3 is 2.85 bits per heavy atom. The Balaban J connectivity index is 1.70. The quantitative estimate of drug-likeness (QED) is 0.589. The third kappa shape index (κ3) is 3.12. The minimum atomic E-state index is -0.256. The molecule has 0 aliphatic heterocycles. The van der Waals surface area contributed by atoms with Crippen molar-refractivity contribution in [1.29, 1.82) is 0 Å². The van der Waals surface area contributed by atoms with E-state index in [9.17, 15) is 9.59 Å². The Kier molecular flexibility index (Phi) is 4.27. The fourth-order valence-corrected chi connectivity index (χ4v) is 3.91. The van der Waals surface area contributed by atoms with Gasteiger partial charge in [-0.05, 0) is 44.0 Å². The Morgan fingerprint density at radius 1 is 1.26 bits per heavy atom. The summed E-state index contributed by atoms with van der Waals surface area (Å²) in [7, 11) is 0. The highest BCUT2D eigenvalue weighted by Crippen LogP contribution is 2.19.